The first-order valence-electron chi connectivity index (χ1n) is 8.25. The first kappa shape index (κ1) is 20.0. The zero-order valence-corrected chi connectivity index (χ0v) is 17.0. The molecular formula is C20H16BrFN2O3S. The highest BCUT2D eigenvalue weighted by Gasteiger charge is 2.29. The van der Waals surface area contributed by atoms with E-state index in [-0.39, 0.29) is 10.6 Å². The number of rotatable bonds is 6. The van der Waals surface area contributed by atoms with E-state index in [4.69, 9.17) is 0 Å². The van der Waals surface area contributed by atoms with Crippen LogP contribution in [-0.2, 0) is 14.8 Å². The number of hydrogen-bond acceptors (Lipinski definition) is 3. The lowest BCUT2D eigenvalue weighted by Gasteiger charge is -2.24. The van der Waals surface area contributed by atoms with Crippen molar-refractivity contribution in [3.8, 4) is 0 Å². The van der Waals surface area contributed by atoms with Crippen LogP contribution in [0.5, 0.6) is 0 Å². The number of para-hydroxylation sites is 1. The predicted molar refractivity (Wildman–Crippen MR) is 110 cm³/mol. The number of carbonyl (C=O) groups is 1. The summed E-state index contributed by atoms with van der Waals surface area (Å²) in [6.45, 7) is -0.579. The second kappa shape index (κ2) is 8.53. The van der Waals surface area contributed by atoms with Gasteiger partial charge >= 0.3 is 0 Å². The van der Waals surface area contributed by atoms with E-state index in [0.29, 0.717) is 5.69 Å². The fraction of sp³-hybridized carbons (Fsp3) is 0.0500. The molecule has 0 aliphatic rings. The summed E-state index contributed by atoms with van der Waals surface area (Å²) in [5.41, 5.74) is 0.292. The molecule has 0 heterocycles. The van der Waals surface area contributed by atoms with E-state index in [0.717, 1.165) is 14.8 Å². The highest BCUT2D eigenvalue weighted by atomic mass is 79.9. The van der Waals surface area contributed by atoms with Crippen molar-refractivity contribution in [3.63, 3.8) is 0 Å². The Kier molecular flexibility index (Phi) is 6.11. The highest BCUT2D eigenvalue weighted by molar-refractivity contribution is 9.10. The third kappa shape index (κ3) is 4.58. The van der Waals surface area contributed by atoms with Crippen molar-refractivity contribution in [2.75, 3.05) is 16.2 Å². The van der Waals surface area contributed by atoms with Gasteiger partial charge in [0.05, 0.1) is 10.6 Å². The van der Waals surface area contributed by atoms with Gasteiger partial charge in [-0.25, -0.2) is 12.8 Å². The minimum Gasteiger partial charge on any atom is -0.324 e. The van der Waals surface area contributed by atoms with E-state index >= 15 is 0 Å². The number of benzene rings is 3. The van der Waals surface area contributed by atoms with E-state index in [1.54, 1.807) is 42.5 Å². The van der Waals surface area contributed by atoms with Crippen molar-refractivity contribution in [2.24, 2.45) is 0 Å². The van der Waals surface area contributed by atoms with Gasteiger partial charge in [-0.3, -0.25) is 9.10 Å². The lowest BCUT2D eigenvalue weighted by molar-refractivity contribution is -0.114. The summed E-state index contributed by atoms with van der Waals surface area (Å²) in [4.78, 5) is 12.5. The summed E-state index contributed by atoms with van der Waals surface area (Å²) in [6.07, 6.45) is 0. The number of carbonyl (C=O) groups excluding carboxylic acids is 1. The van der Waals surface area contributed by atoms with Crippen LogP contribution in [0.4, 0.5) is 15.8 Å². The third-order valence-corrected chi connectivity index (χ3v) is 6.12. The maximum Gasteiger partial charge on any atom is 0.264 e. The van der Waals surface area contributed by atoms with Crippen molar-refractivity contribution in [2.45, 2.75) is 4.90 Å². The first-order chi connectivity index (χ1) is 13.4. The molecule has 3 aromatic carbocycles. The maximum absolute atomic E-state index is 14.4. The lowest BCUT2D eigenvalue weighted by atomic mass is 10.3. The first-order valence-corrected chi connectivity index (χ1v) is 10.5. The van der Waals surface area contributed by atoms with Gasteiger partial charge in [0, 0.05) is 10.2 Å². The second-order valence-corrected chi connectivity index (χ2v) is 8.61. The van der Waals surface area contributed by atoms with Crippen LogP contribution in [0, 0.1) is 5.82 Å². The van der Waals surface area contributed by atoms with Crippen LogP contribution in [0.25, 0.3) is 0 Å². The van der Waals surface area contributed by atoms with Crippen molar-refractivity contribution in [1.29, 1.82) is 0 Å². The molecule has 28 heavy (non-hydrogen) atoms. The zero-order chi connectivity index (χ0) is 20.1. The Morgan fingerprint density at radius 2 is 1.64 bits per heavy atom. The monoisotopic (exact) mass is 462 g/mol. The van der Waals surface area contributed by atoms with Crippen LogP contribution in [-0.4, -0.2) is 20.9 Å². The normalized spacial score (nSPS) is 11.1. The van der Waals surface area contributed by atoms with Gasteiger partial charge in [-0.1, -0.05) is 52.3 Å². The molecule has 3 aromatic rings. The van der Waals surface area contributed by atoms with Gasteiger partial charge in [-0.2, -0.15) is 0 Å². The summed E-state index contributed by atoms with van der Waals surface area (Å²) < 4.78 is 42.1. The van der Waals surface area contributed by atoms with Gasteiger partial charge in [0.25, 0.3) is 10.0 Å². The number of nitrogens with zero attached hydrogens (tertiary/aromatic N) is 1. The Hall–Kier alpha value is -2.71. The van der Waals surface area contributed by atoms with Crippen LogP contribution in [0.3, 0.4) is 0 Å². The van der Waals surface area contributed by atoms with Gasteiger partial charge in [-0.15, -0.1) is 0 Å². The van der Waals surface area contributed by atoms with Gasteiger partial charge in [-0.05, 0) is 42.5 Å². The van der Waals surface area contributed by atoms with Gasteiger partial charge in [0.1, 0.15) is 12.4 Å². The summed E-state index contributed by atoms with van der Waals surface area (Å²) >= 11 is 3.30. The molecule has 144 valence electrons. The highest BCUT2D eigenvalue weighted by Crippen LogP contribution is 2.26. The van der Waals surface area contributed by atoms with E-state index in [9.17, 15) is 17.6 Å². The molecule has 0 spiro atoms. The number of hydrogen-bond donors (Lipinski definition) is 1. The van der Waals surface area contributed by atoms with Crippen LogP contribution in [0.15, 0.2) is 88.2 Å². The van der Waals surface area contributed by atoms with Crippen molar-refractivity contribution in [1.82, 2.24) is 0 Å². The number of nitrogens with one attached hydrogen (secondary N) is 1. The van der Waals surface area contributed by atoms with Crippen molar-refractivity contribution >= 4 is 43.2 Å². The maximum atomic E-state index is 14.4. The number of amides is 1. The molecule has 0 radical (unpaired) electrons. The van der Waals surface area contributed by atoms with E-state index < -0.39 is 28.3 Å². The molecule has 0 saturated carbocycles. The standard InChI is InChI=1S/C20H16BrFN2O3S/c21-15-7-6-8-16(13-15)23-20(25)14-24(19-12-5-4-11-18(19)22)28(26,27)17-9-2-1-3-10-17/h1-13H,14H2,(H,23,25). The van der Waals surface area contributed by atoms with Crippen LogP contribution in [0.2, 0.25) is 0 Å². The Labute approximate surface area is 171 Å². The molecule has 0 aromatic heterocycles. The molecule has 0 atom stereocenters. The average molecular weight is 463 g/mol. The molecular weight excluding hydrogens is 447 g/mol. The Morgan fingerprint density at radius 3 is 2.32 bits per heavy atom. The molecule has 0 aliphatic heterocycles. The lowest BCUT2D eigenvalue weighted by Crippen LogP contribution is -2.38. The second-order valence-electron chi connectivity index (χ2n) is 5.83. The Morgan fingerprint density at radius 1 is 0.964 bits per heavy atom. The number of anilines is 2. The fourth-order valence-electron chi connectivity index (χ4n) is 2.57. The summed E-state index contributed by atoms with van der Waals surface area (Å²) in [7, 11) is -4.15. The smallest absolute Gasteiger partial charge is 0.264 e. The van der Waals surface area contributed by atoms with Crippen molar-refractivity contribution in [3.05, 3.63) is 89.2 Å². The number of halogens is 2. The Bertz CT molecular complexity index is 1090. The molecule has 0 saturated heterocycles. The van der Waals surface area contributed by atoms with E-state index in [1.807, 2.05) is 0 Å². The molecule has 8 heteroatoms. The van der Waals surface area contributed by atoms with Gasteiger partial charge in [0.15, 0.2) is 0 Å². The predicted octanol–water partition coefficient (Wildman–Crippen LogP) is 4.42. The SMILES string of the molecule is O=C(CN(c1ccccc1F)S(=O)(=O)c1ccccc1)Nc1cccc(Br)c1. The summed E-state index contributed by atoms with van der Waals surface area (Å²) in [6, 6.07) is 19.9. The van der Waals surface area contributed by atoms with Crippen LogP contribution >= 0.6 is 15.9 Å². The van der Waals surface area contributed by atoms with Crippen molar-refractivity contribution < 1.29 is 17.6 Å². The fourth-order valence-corrected chi connectivity index (χ4v) is 4.42. The van der Waals surface area contributed by atoms with E-state index in [1.165, 1.54) is 30.3 Å². The summed E-state index contributed by atoms with van der Waals surface area (Å²) in [5.74, 6) is -1.34. The Balaban J connectivity index is 1.95. The summed E-state index contributed by atoms with van der Waals surface area (Å²) in [5, 5.41) is 2.63. The minimum atomic E-state index is -4.15. The minimum absolute atomic E-state index is 0.0338. The molecule has 1 amide bonds. The van der Waals surface area contributed by atoms with Crippen LogP contribution in [0.1, 0.15) is 0 Å². The molecule has 5 nitrogen and oxygen atoms in total. The van der Waals surface area contributed by atoms with Crippen LogP contribution < -0.4 is 9.62 Å². The van der Waals surface area contributed by atoms with Gasteiger partial charge in [0.2, 0.25) is 5.91 Å². The zero-order valence-electron chi connectivity index (χ0n) is 14.5. The quantitative estimate of drug-likeness (QED) is 0.589. The topological polar surface area (TPSA) is 66.5 Å². The average Bonchev–Trinajstić information content (AvgIpc) is 2.67. The molecule has 3 rings (SSSR count). The number of sulfonamides is 1. The van der Waals surface area contributed by atoms with E-state index in [2.05, 4.69) is 21.2 Å². The molecule has 0 fully saturated rings. The molecule has 1 N–H and O–H groups in total. The largest absolute Gasteiger partial charge is 0.324 e. The molecule has 0 aliphatic carbocycles. The molecule has 0 bridgehead atoms. The molecule has 0 unspecified atom stereocenters. The third-order valence-electron chi connectivity index (χ3n) is 3.85. The van der Waals surface area contributed by atoms with Gasteiger partial charge < -0.3 is 5.32 Å².